The molecule has 0 bridgehead atoms. The molecule has 0 aromatic heterocycles. The summed E-state index contributed by atoms with van der Waals surface area (Å²) in [6.45, 7) is 7.52. The van der Waals surface area contributed by atoms with Gasteiger partial charge in [-0.25, -0.2) is 0 Å². The van der Waals surface area contributed by atoms with E-state index in [2.05, 4.69) is 5.32 Å². The smallest absolute Gasteiger partial charge is 0.244 e. The van der Waals surface area contributed by atoms with Crippen molar-refractivity contribution in [2.75, 3.05) is 19.6 Å². The van der Waals surface area contributed by atoms with Gasteiger partial charge >= 0.3 is 0 Å². The first-order valence-electron chi connectivity index (χ1n) is 6.35. The van der Waals surface area contributed by atoms with Crippen molar-refractivity contribution in [2.24, 2.45) is 5.73 Å². The van der Waals surface area contributed by atoms with Crippen molar-refractivity contribution in [2.45, 2.75) is 46.1 Å². The van der Waals surface area contributed by atoms with E-state index in [0.717, 1.165) is 12.8 Å². The Bertz CT molecular complexity index is 240. The van der Waals surface area contributed by atoms with Gasteiger partial charge < -0.3 is 16.0 Å². The molecule has 0 rings (SSSR count). The molecule has 0 aliphatic carbocycles. The maximum Gasteiger partial charge on any atom is 0.244 e. The molecule has 0 radical (unpaired) electrons. The molecule has 0 saturated carbocycles. The van der Waals surface area contributed by atoms with Gasteiger partial charge in [0, 0.05) is 19.5 Å². The molecule has 0 fully saturated rings. The van der Waals surface area contributed by atoms with Crippen LogP contribution in [-0.4, -0.2) is 42.4 Å². The van der Waals surface area contributed by atoms with Crippen LogP contribution >= 0.6 is 0 Å². The van der Waals surface area contributed by atoms with Crippen LogP contribution in [0.4, 0.5) is 0 Å². The molecule has 0 aliphatic rings. The lowest BCUT2D eigenvalue weighted by Gasteiger charge is -2.23. The largest absolute Gasteiger partial charge is 0.345 e. The second-order valence-electron chi connectivity index (χ2n) is 4.05. The van der Waals surface area contributed by atoms with Crippen molar-refractivity contribution in [3.05, 3.63) is 0 Å². The van der Waals surface area contributed by atoms with Gasteiger partial charge in [-0.1, -0.05) is 0 Å². The molecule has 3 N–H and O–H groups in total. The minimum absolute atomic E-state index is 0.0258. The van der Waals surface area contributed by atoms with Crippen LogP contribution in [0.15, 0.2) is 0 Å². The van der Waals surface area contributed by atoms with Crippen LogP contribution in [-0.2, 0) is 9.59 Å². The van der Waals surface area contributed by atoms with E-state index in [1.807, 2.05) is 13.8 Å². The van der Waals surface area contributed by atoms with Crippen LogP contribution in [0.1, 0.15) is 40.0 Å². The third-order valence-electron chi connectivity index (χ3n) is 2.68. The normalized spacial score (nSPS) is 12.0. The van der Waals surface area contributed by atoms with Crippen LogP contribution in [0.25, 0.3) is 0 Å². The molecule has 0 spiro atoms. The van der Waals surface area contributed by atoms with Crippen molar-refractivity contribution < 1.29 is 9.59 Å². The predicted molar refractivity (Wildman–Crippen MR) is 68.4 cm³/mol. The lowest BCUT2D eigenvalue weighted by molar-refractivity contribution is -0.135. The van der Waals surface area contributed by atoms with E-state index in [-0.39, 0.29) is 11.8 Å². The van der Waals surface area contributed by atoms with Gasteiger partial charge in [0.2, 0.25) is 11.8 Å². The lowest BCUT2D eigenvalue weighted by Crippen LogP contribution is -2.46. The van der Waals surface area contributed by atoms with Crippen LogP contribution in [0.3, 0.4) is 0 Å². The minimum atomic E-state index is -0.444. The molecule has 0 saturated heterocycles. The number of amides is 2. The Labute approximate surface area is 104 Å². The van der Waals surface area contributed by atoms with E-state index < -0.39 is 6.04 Å². The molecular weight excluding hydrogens is 218 g/mol. The van der Waals surface area contributed by atoms with Crippen molar-refractivity contribution >= 4 is 11.8 Å². The van der Waals surface area contributed by atoms with Gasteiger partial charge in [-0.05, 0) is 40.2 Å². The van der Waals surface area contributed by atoms with Crippen molar-refractivity contribution in [1.29, 1.82) is 0 Å². The maximum atomic E-state index is 11.9. The van der Waals surface area contributed by atoms with E-state index in [0.29, 0.717) is 26.1 Å². The summed E-state index contributed by atoms with van der Waals surface area (Å²) in [5.41, 5.74) is 5.35. The summed E-state index contributed by atoms with van der Waals surface area (Å²) in [7, 11) is 0. The Morgan fingerprint density at radius 3 is 2.29 bits per heavy atom. The topological polar surface area (TPSA) is 75.4 Å². The molecule has 0 aliphatic heterocycles. The van der Waals surface area contributed by atoms with Gasteiger partial charge in [-0.3, -0.25) is 9.59 Å². The fraction of sp³-hybridized carbons (Fsp3) is 0.833. The first-order chi connectivity index (χ1) is 8.06. The van der Waals surface area contributed by atoms with Crippen molar-refractivity contribution in [1.82, 2.24) is 10.2 Å². The standard InChI is InChI=1S/C12H25N3O2/c1-4-15(5-2)12(17)10(3)14-11(16)8-6-7-9-13/h10H,4-9,13H2,1-3H3,(H,14,16). The van der Waals surface area contributed by atoms with Gasteiger partial charge in [-0.15, -0.1) is 0 Å². The Kier molecular flexibility index (Phi) is 8.40. The van der Waals surface area contributed by atoms with Crippen LogP contribution in [0.5, 0.6) is 0 Å². The summed E-state index contributed by atoms with van der Waals surface area (Å²) in [6, 6.07) is -0.444. The average Bonchev–Trinajstić information content (AvgIpc) is 2.30. The van der Waals surface area contributed by atoms with E-state index in [1.165, 1.54) is 0 Å². The number of carbonyl (C=O) groups excluding carboxylic acids is 2. The molecule has 0 aromatic rings. The zero-order valence-electron chi connectivity index (χ0n) is 11.2. The number of nitrogens with two attached hydrogens (primary N) is 1. The highest BCUT2D eigenvalue weighted by Gasteiger charge is 2.19. The quantitative estimate of drug-likeness (QED) is 0.609. The SMILES string of the molecule is CCN(CC)C(=O)C(C)NC(=O)CCCCN. The first kappa shape index (κ1) is 15.9. The van der Waals surface area contributed by atoms with Gasteiger partial charge in [0.05, 0.1) is 0 Å². The fourth-order valence-corrected chi connectivity index (χ4v) is 1.61. The highest BCUT2D eigenvalue weighted by molar-refractivity contribution is 5.87. The number of hydrogen-bond acceptors (Lipinski definition) is 3. The number of nitrogens with zero attached hydrogens (tertiary/aromatic N) is 1. The van der Waals surface area contributed by atoms with Gasteiger partial charge in [0.15, 0.2) is 0 Å². The van der Waals surface area contributed by atoms with Gasteiger partial charge in [-0.2, -0.15) is 0 Å². The second kappa shape index (κ2) is 8.98. The minimum Gasteiger partial charge on any atom is -0.345 e. The van der Waals surface area contributed by atoms with Crippen molar-refractivity contribution in [3.8, 4) is 0 Å². The molecule has 5 nitrogen and oxygen atoms in total. The molecule has 0 aromatic carbocycles. The number of nitrogens with one attached hydrogen (secondary N) is 1. The summed E-state index contributed by atoms with van der Waals surface area (Å²) in [6.07, 6.45) is 2.05. The predicted octanol–water partition coefficient (Wildman–Crippen LogP) is 0.489. The number of hydrogen-bond donors (Lipinski definition) is 2. The van der Waals surface area contributed by atoms with Gasteiger partial charge in [0.1, 0.15) is 6.04 Å². The number of carbonyl (C=O) groups is 2. The van der Waals surface area contributed by atoms with E-state index in [4.69, 9.17) is 5.73 Å². The number of likely N-dealkylation sites (N-methyl/N-ethyl adjacent to an activating group) is 1. The average molecular weight is 243 g/mol. The number of rotatable bonds is 8. The molecule has 2 amide bonds. The Hall–Kier alpha value is -1.10. The highest BCUT2D eigenvalue weighted by Crippen LogP contribution is 1.98. The second-order valence-corrected chi connectivity index (χ2v) is 4.05. The zero-order chi connectivity index (χ0) is 13.3. The summed E-state index contributed by atoms with van der Waals surface area (Å²) in [5, 5.41) is 2.72. The monoisotopic (exact) mass is 243 g/mol. The summed E-state index contributed by atoms with van der Waals surface area (Å²) in [4.78, 5) is 25.1. The molecular formula is C12H25N3O2. The maximum absolute atomic E-state index is 11.9. The fourth-order valence-electron chi connectivity index (χ4n) is 1.61. The van der Waals surface area contributed by atoms with E-state index in [1.54, 1.807) is 11.8 Å². The summed E-state index contributed by atoms with van der Waals surface area (Å²) < 4.78 is 0. The Morgan fingerprint density at radius 1 is 1.24 bits per heavy atom. The molecule has 17 heavy (non-hydrogen) atoms. The molecule has 100 valence electrons. The molecule has 5 heteroatoms. The zero-order valence-corrected chi connectivity index (χ0v) is 11.2. The third-order valence-corrected chi connectivity index (χ3v) is 2.68. The van der Waals surface area contributed by atoms with Crippen LogP contribution in [0, 0.1) is 0 Å². The van der Waals surface area contributed by atoms with Crippen molar-refractivity contribution in [3.63, 3.8) is 0 Å². The van der Waals surface area contributed by atoms with E-state index in [9.17, 15) is 9.59 Å². The molecule has 0 heterocycles. The van der Waals surface area contributed by atoms with Gasteiger partial charge in [0.25, 0.3) is 0 Å². The van der Waals surface area contributed by atoms with Crippen LogP contribution < -0.4 is 11.1 Å². The summed E-state index contributed by atoms with van der Waals surface area (Å²) >= 11 is 0. The first-order valence-corrected chi connectivity index (χ1v) is 6.35. The highest BCUT2D eigenvalue weighted by atomic mass is 16.2. The lowest BCUT2D eigenvalue weighted by atomic mass is 10.2. The van der Waals surface area contributed by atoms with E-state index >= 15 is 0 Å². The Balaban J connectivity index is 4.02. The number of unbranched alkanes of at least 4 members (excludes halogenated alkanes) is 1. The summed E-state index contributed by atoms with van der Waals surface area (Å²) in [5.74, 6) is -0.103. The molecule has 1 unspecified atom stereocenters. The van der Waals surface area contributed by atoms with Crippen LogP contribution in [0.2, 0.25) is 0 Å². The third kappa shape index (κ3) is 6.26. The Morgan fingerprint density at radius 2 is 1.82 bits per heavy atom. The molecule has 1 atom stereocenters.